The topological polar surface area (TPSA) is 57.5 Å². The summed E-state index contributed by atoms with van der Waals surface area (Å²) in [6.45, 7) is 6.43. The van der Waals surface area contributed by atoms with Gasteiger partial charge in [0.05, 0.1) is 6.10 Å². The number of aliphatic hydroxyl groups excluding tert-OH is 1. The van der Waals surface area contributed by atoms with Crippen LogP contribution in [0.3, 0.4) is 0 Å². The number of carbonyl (C=O) groups is 1. The van der Waals surface area contributed by atoms with Gasteiger partial charge in [0.25, 0.3) is 5.97 Å². The number of rotatable bonds is 2. The molecule has 11 heavy (non-hydrogen) atoms. The molecule has 0 spiro atoms. The minimum absolute atomic E-state index is 0.375. The molecule has 2 N–H and O–H groups in total. The first-order chi connectivity index (χ1) is 4.91. The van der Waals surface area contributed by atoms with Gasteiger partial charge in [0, 0.05) is 12.3 Å². The van der Waals surface area contributed by atoms with Gasteiger partial charge in [-0.15, -0.1) is 0 Å². The first kappa shape index (κ1) is 13.3. The molecule has 66 valence electrons. The van der Waals surface area contributed by atoms with Crippen LogP contribution in [0.25, 0.3) is 0 Å². The van der Waals surface area contributed by atoms with E-state index in [1.165, 1.54) is 0 Å². The van der Waals surface area contributed by atoms with Crippen molar-refractivity contribution in [1.29, 1.82) is 0 Å². The van der Waals surface area contributed by atoms with Gasteiger partial charge in [-0.05, 0) is 6.92 Å². The van der Waals surface area contributed by atoms with Crippen molar-refractivity contribution in [3.63, 3.8) is 0 Å². The van der Waals surface area contributed by atoms with Crippen LogP contribution < -0.4 is 0 Å². The maximum absolute atomic E-state index is 9.00. The van der Waals surface area contributed by atoms with E-state index in [1.54, 1.807) is 6.92 Å². The van der Waals surface area contributed by atoms with Gasteiger partial charge in [0.2, 0.25) is 0 Å². The number of carboxylic acid groups (broad SMARTS) is 1. The van der Waals surface area contributed by atoms with E-state index >= 15 is 0 Å². The highest BCUT2D eigenvalue weighted by Gasteiger charge is 1.98. The average molecular weight is 225 g/mol. The quantitative estimate of drug-likeness (QED) is 0.551. The van der Waals surface area contributed by atoms with Gasteiger partial charge in [0.15, 0.2) is 0 Å². The zero-order valence-corrected chi connectivity index (χ0v) is 8.26. The number of aliphatic carboxylic acids is 1. The van der Waals surface area contributed by atoms with Crippen LogP contribution in [0.1, 0.15) is 13.8 Å². The number of hydrogen-bond donors (Lipinski definition) is 2. The van der Waals surface area contributed by atoms with E-state index in [2.05, 4.69) is 22.5 Å². The highest BCUT2D eigenvalue weighted by Crippen LogP contribution is 1.99. The molecular weight excluding hydrogens is 212 g/mol. The summed E-state index contributed by atoms with van der Waals surface area (Å²) in [4.78, 5) is 9.00. The van der Waals surface area contributed by atoms with E-state index in [0.717, 1.165) is 12.5 Å². The van der Waals surface area contributed by atoms with E-state index in [1.807, 2.05) is 0 Å². The molecule has 1 atom stereocenters. The summed E-state index contributed by atoms with van der Waals surface area (Å²) in [5.41, 5.74) is 0.803. The highest BCUT2D eigenvalue weighted by atomic mass is 79.9. The fraction of sp³-hybridized carbons (Fsp3) is 0.571. The average Bonchev–Trinajstić information content (AvgIpc) is 1.85. The van der Waals surface area contributed by atoms with Crippen molar-refractivity contribution in [1.82, 2.24) is 0 Å². The Bertz CT molecular complexity index is 130. The Morgan fingerprint density at radius 2 is 1.91 bits per heavy atom. The van der Waals surface area contributed by atoms with Gasteiger partial charge in [0.1, 0.15) is 0 Å². The van der Waals surface area contributed by atoms with E-state index < -0.39 is 5.97 Å². The summed E-state index contributed by atoms with van der Waals surface area (Å²) in [6, 6.07) is 0. The van der Waals surface area contributed by atoms with Gasteiger partial charge in [-0.25, -0.2) is 0 Å². The van der Waals surface area contributed by atoms with Crippen molar-refractivity contribution in [2.45, 2.75) is 20.0 Å². The smallest absolute Gasteiger partial charge is 0.300 e. The molecule has 0 aromatic rings. The first-order valence-electron chi connectivity index (χ1n) is 3.00. The van der Waals surface area contributed by atoms with Gasteiger partial charge in [-0.1, -0.05) is 28.1 Å². The standard InChI is InChI=1S/C5H9BrO.C2H4O2/c1-4(2)5(7)3-6;1-2(3)4/h5,7H,1,3H2,2H3;1H3,(H,3,4). The zero-order chi connectivity index (χ0) is 9.44. The third kappa shape index (κ3) is 17.7. The molecule has 0 amide bonds. The highest BCUT2D eigenvalue weighted by molar-refractivity contribution is 9.09. The lowest BCUT2D eigenvalue weighted by molar-refractivity contribution is -0.134. The van der Waals surface area contributed by atoms with Crippen LogP contribution in [-0.4, -0.2) is 27.6 Å². The van der Waals surface area contributed by atoms with Crippen LogP contribution >= 0.6 is 15.9 Å². The summed E-state index contributed by atoms with van der Waals surface area (Å²) < 4.78 is 0. The maximum Gasteiger partial charge on any atom is 0.300 e. The molecule has 3 nitrogen and oxygen atoms in total. The molecule has 4 heteroatoms. The second kappa shape index (κ2) is 7.75. The Morgan fingerprint density at radius 1 is 1.64 bits per heavy atom. The predicted octanol–water partition coefficient (Wildman–Crippen LogP) is 1.41. The van der Waals surface area contributed by atoms with Crippen molar-refractivity contribution < 1.29 is 15.0 Å². The third-order valence-corrected chi connectivity index (χ3v) is 1.33. The maximum atomic E-state index is 9.00. The monoisotopic (exact) mass is 224 g/mol. The first-order valence-corrected chi connectivity index (χ1v) is 4.13. The van der Waals surface area contributed by atoms with Crippen molar-refractivity contribution in [3.8, 4) is 0 Å². The van der Waals surface area contributed by atoms with Crippen LogP contribution in [0, 0.1) is 0 Å². The molecule has 0 aliphatic heterocycles. The van der Waals surface area contributed by atoms with Gasteiger partial charge < -0.3 is 10.2 Å². The Morgan fingerprint density at radius 3 is 1.91 bits per heavy atom. The lowest BCUT2D eigenvalue weighted by Crippen LogP contribution is -2.07. The molecular formula is C7H13BrO3. The molecule has 0 saturated heterocycles. The van der Waals surface area contributed by atoms with Crippen LogP contribution in [0.4, 0.5) is 0 Å². The number of aliphatic hydroxyl groups is 1. The minimum atomic E-state index is -0.833. The molecule has 0 bridgehead atoms. The van der Waals surface area contributed by atoms with E-state index in [9.17, 15) is 0 Å². The Hall–Kier alpha value is -0.350. The van der Waals surface area contributed by atoms with Crippen LogP contribution in [0.2, 0.25) is 0 Å². The van der Waals surface area contributed by atoms with Gasteiger partial charge >= 0.3 is 0 Å². The molecule has 0 aromatic carbocycles. The molecule has 0 rings (SSSR count). The third-order valence-electron chi connectivity index (χ3n) is 0.715. The normalized spacial score (nSPS) is 10.9. The molecule has 0 aliphatic carbocycles. The van der Waals surface area contributed by atoms with E-state index in [0.29, 0.717) is 5.33 Å². The zero-order valence-electron chi connectivity index (χ0n) is 6.67. The summed E-state index contributed by atoms with van der Waals surface area (Å²) in [7, 11) is 0. The predicted molar refractivity (Wildman–Crippen MR) is 47.9 cm³/mol. The molecule has 0 heterocycles. The summed E-state index contributed by atoms with van der Waals surface area (Å²) in [6.07, 6.45) is -0.375. The van der Waals surface area contributed by atoms with Crippen LogP contribution in [0.5, 0.6) is 0 Å². The van der Waals surface area contributed by atoms with Crippen molar-refractivity contribution >= 4 is 21.9 Å². The SMILES string of the molecule is C=C(C)C(O)CBr.CC(=O)O. The Labute approximate surface area is 74.9 Å². The summed E-state index contributed by atoms with van der Waals surface area (Å²) >= 11 is 3.10. The van der Waals surface area contributed by atoms with Crippen LogP contribution in [0.15, 0.2) is 12.2 Å². The van der Waals surface area contributed by atoms with E-state index in [-0.39, 0.29) is 6.10 Å². The molecule has 0 radical (unpaired) electrons. The Balaban J connectivity index is 0. The molecule has 0 aliphatic rings. The van der Waals surface area contributed by atoms with Gasteiger partial charge in [-0.2, -0.15) is 0 Å². The second-order valence-electron chi connectivity index (χ2n) is 2.04. The van der Waals surface area contributed by atoms with Gasteiger partial charge in [-0.3, -0.25) is 4.79 Å². The number of alkyl halides is 1. The minimum Gasteiger partial charge on any atom is -0.481 e. The van der Waals surface area contributed by atoms with Crippen molar-refractivity contribution in [3.05, 3.63) is 12.2 Å². The fourth-order valence-corrected chi connectivity index (χ4v) is 0.684. The van der Waals surface area contributed by atoms with E-state index in [4.69, 9.17) is 15.0 Å². The van der Waals surface area contributed by atoms with Crippen molar-refractivity contribution in [2.24, 2.45) is 0 Å². The summed E-state index contributed by atoms with van der Waals surface area (Å²) in [5, 5.41) is 16.8. The second-order valence-corrected chi connectivity index (χ2v) is 2.68. The molecule has 0 aromatic heterocycles. The lowest BCUT2D eigenvalue weighted by atomic mass is 10.2. The molecule has 1 unspecified atom stereocenters. The summed E-state index contributed by atoms with van der Waals surface area (Å²) in [5.74, 6) is -0.833. The number of hydrogen-bond acceptors (Lipinski definition) is 2. The molecule has 0 fully saturated rings. The van der Waals surface area contributed by atoms with Crippen molar-refractivity contribution in [2.75, 3.05) is 5.33 Å². The lowest BCUT2D eigenvalue weighted by Gasteiger charge is -2.02. The number of halogens is 1. The fourth-order valence-electron chi connectivity index (χ4n) is 0.132. The number of carboxylic acids is 1. The molecule has 0 saturated carbocycles. The Kier molecular flexibility index (Phi) is 9.34. The largest absolute Gasteiger partial charge is 0.481 e. The van der Waals surface area contributed by atoms with Crippen LogP contribution in [-0.2, 0) is 4.79 Å².